The fourth-order valence-corrected chi connectivity index (χ4v) is 9.39. The number of fused-ring (bicyclic) bond motifs is 9. The molecule has 7 rings (SSSR count). The molecule has 3 aromatic carbocycles. The van der Waals surface area contributed by atoms with Gasteiger partial charge in [-0.25, -0.2) is 4.98 Å². The molecule has 4 atom stereocenters. The van der Waals surface area contributed by atoms with E-state index in [0.717, 1.165) is 51.4 Å². The lowest BCUT2D eigenvalue weighted by atomic mass is 9.65. The second-order valence-electron chi connectivity index (χ2n) is 12.4. The number of aliphatic hydroxyl groups excluding tert-OH is 1. The lowest BCUT2D eigenvalue weighted by Crippen LogP contribution is -2.46. The summed E-state index contributed by atoms with van der Waals surface area (Å²) in [6, 6.07) is 23.9. The maximum Gasteiger partial charge on any atom is 0.193 e. The van der Waals surface area contributed by atoms with E-state index in [4.69, 9.17) is 4.98 Å². The number of ketones is 1. The van der Waals surface area contributed by atoms with Gasteiger partial charge in [0.2, 0.25) is 0 Å². The summed E-state index contributed by atoms with van der Waals surface area (Å²) in [5, 5.41) is 23.3. The molecule has 2 bridgehead atoms. The van der Waals surface area contributed by atoms with Crippen molar-refractivity contribution in [3.05, 3.63) is 107 Å². The molecule has 0 radical (unpaired) electrons. The zero-order chi connectivity index (χ0) is 29.3. The van der Waals surface area contributed by atoms with Crippen LogP contribution < -0.4 is 0 Å². The molecule has 1 saturated carbocycles. The van der Waals surface area contributed by atoms with Crippen molar-refractivity contribution in [2.24, 2.45) is 5.41 Å². The molecule has 0 aliphatic heterocycles. The second-order valence-corrected chi connectivity index (χ2v) is 14.6. The topological polar surface area (TPSA) is 70.4 Å². The number of carbonyl (C=O) groups excluding carboxylic acids is 1. The van der Waals surface area contributed by atoms with Gasteiger partial charge < -0.3 is 10.2 Å². The van der Waals surface area contributed by atoms with Crippen molar-refractivity contribution in [2.45, 2.75) is 80.8 Å². The van der Waals surface area contributed by atoms with Gasteiger partial charge in [0, 0.05) is 22.3 Å². The molecule has 4 unspecified atom stereocenters. The lowest BCUT2D eigenvalue weighted by Gasteiger charge is -2.44. The number of aromatic nitrogens is 1. The molecule has 2 N–H and O–H groups in total. The van der Waals surface area contributed by atoms with Crippen LogP contribution in [0.15, 0.2) is 88.8 Å². The van der Waals surface area contributed by atoms with Gasteiger partial charge in [-0.05, 0) is 87.1 Å². The van der Waals surface area contributed by atoms with Gasteiger partial charge in [0.15, 0.2) is 10.1 Å². The van der Waals surface area contributed by atoms with Crippen molar-refractivity contribution in [1.82, 2.24) is 4.98 Å². The number of thioether (sulfide) groups is 1. The minimum atomic E-state index is -0.916. The van der Waals surface area contributed by atoms with E-state index in [0.29, 0.717) is 36.1 Å². The summed E-state index contributed by atoms with van der Waals surface area (Å²) in [5.41, 5.74) is 4.29. The first kappa shape index (κ1) is 29.3. The molecule has 0 amide bonds. The van der Waals surface area contributed by atoms with Crippen LogP contribution in [0.4, 0.5) is 0 Å². The average molecular weight is 598 g/mol. The van der Waals surface area contributed by atoms with Crippen molar-refractivity contribution >= 4 is 39.1 Å². The number of para-hydroxylation sites is 1. The number of nitrogens with zero attached hydrogens (tertiary/aromatic N) is 1. The maximum atomic E-state index is 14.0. The summed E-state index contributed by atoms with van der Waals surface area (Å²) < 4.78 is 2.14. The molecule has 4 nitrogen and oxygen atoms in total. The van der Waals surface area contributed by atoms with E-state index >= 15 is 0 Å². The zero-order valence-corrected chi connectivity index (χ0v) is 26.0. The summed E-state index contributed by atoms with van der Waals surface area (Å²) in [4.78, 5) is 18.8. The van der Waals surface area contributed by atoms with Crippen LogP contribution >= 0.6 is 23.1 Å². The van der Waals surface area contributed by atoms with Crippen molar-refractivity contribution in [2.75, 3.05) is 5.75 Å². The van der Waals surface area contributed by atoms with E-state index in [1.54, 1.807) is 23.1 Å². The molecule has 6 heteroatoms. The van der Waals surface area contributed by atoms with Gasteiger partial charge in [-0.2, -0.15) is 0 Å². The molecule has 1 aromatic heterocycles. The third-order valence-corrected chi connectivity index (χ3v) is 12.1. The number of carbonyl (C=O) groups is 1. The molecule has 1 fully saturated rings. The number of benzene rings is 3. The first-order chi connectivity index (χ1) is 20.3. The molecular weight excluding hydrogens is 559 g/mol. The van der Waals surface area contributed by atoms with E-state index in [2.05, 4.69) is 38.1 Å². The van der Waals surface area contributed by atoms with Crippen molar-refractivity contribution in [3.63, 3.8) is 0 Å². The molecule has 0 saturated heterocycles. The highest BCUT2D eigenvalue weighted by Gasteiger charge is 2.56. The largest absolute Gasteiger partial charge is 0.393 e. The highest BCUT2D eigenvalue weighted by Crippen LogP contribution is 2.59. The van der Waals surface area contributed by atoms with E-state index in [9.17, 15) is 15.0 Å². The molecule has 3 aliphatic carbocycles. The Hall–Kier alpha value is -2.77. The Morgan fingerprint density at radius 1 is 1.05 bits per heavy atom. The number of thiazole rings is 1. The van der Waals surface area contributed by atoms with E-state index < -0.39 is 17.1 Å². The maximum absolute atomic E-state index is 14.0. The third-order valence-electron chi connectivity index (χ3n) is 9.66. The molecule has 3 aliphatic rings. The predicted molar refractivity (Wildman–Crippen MR) is 174 cm³/mol. The Labute approximate surface area is 256 Å². The first-order valence-electron chi connectivity index (χ1n) is 15.0. The number of hydrogen-bond acceptors (Lipinski definition) is 6. The van der Waals surface area contributed by atoms with Gasteiger partial charge in [-0.3, -0.25) is 4.79 Å². The molecule has 1 heterocycles. The monoisotopic (exact) mass is 597 g/mol. The summed E-state index contributed by atoms with van der Waals surface area (Å²) in [6.45, 7) is 4.39. The van der Waals surface area contributed by atoms with Gasteiger partial charge in [-0.1, -0.05) is 84.9 Å². The summed E-state index contributed by atoms with van der Waals surface area (Å²) in [6.07, 6.45) is 7.04. The highest BCUT2D eigenvalue weighted by atomic mass is 32.2. The summed E-state index contributed by atoms with van der Waals surface area (Å²) >= 11 is 3.34. The van der Waals surface area contributed by atoms with Gasteiger partial charge in [0.25, 0.3) is 0 Å². The zero-order valence-electron chi connectivity index (χ0n) is 24.4. The quantitative estimate of drug-likeness (QED) is 0.137. The van der Waals surface area contributed by atoms with E-state index in [1.165, 1.54) is 5.57 Å². The smallest absolute Gasteiger partial charge is 0.193 e. The summed E-state index contributed by atoms with van der Waals surface area (Å²) in [7, 11) is 0. The summed E-state index contributed by atoms with van der Waals surface area (Å²) in [5.74, 6) is 0.595. The van der Waals surface area contributed by atoms with Crippen LogP contribution in [-0.2, 0) is 6.42 Å². The van der Waals surface area contributed by atoms with Crippen LogP contribution in [0, 0.1) is 5.41 Å². The number of aliphatic hydroxyl groups is 2. The van der Waals surface area contributed by atoms with Crippen LogP contribution in [0.3, 0.4) is 0 Å². The van der Waals surface area contributed by atoms with Crippen LogP contribution in [0.25, 0.3) is 10.2 Å². The first-order valence-corrected chi connectivity index (χ1v) is 16.8. The van der Waals surface area contributed by atoms with Crippen molar-refractivity contribution in [3.8, 4) is 0 Å². The number of allylic oxidation sites excluding steroid dienone is 2. The van der Waals surface area contributed by atoms with Crippen molar-refractivity contribution in [1.29, 1.82) is 0 Å². The van der Waals surface area contributed by atoms with E-state index in [-0.39, 0.29) is 11.7 Å². The van der Waals surface area contributed by atoms with Crippen LogP contribution in [0.5, 0.6) is 0 Å². The third kappa shape index (κ3) is 5.74. The highest BCUT2D eigenvalue weighted by molar-refractivity contribution is 8.01. The average Bonchev–Trinajstić information content (AvgIpc) is 3.53. The normalized spacial score (nSPS) is 26.5. The Morgan fingerprint density at radius 2 is 1.83 bits per heavy atom. The minimum Gasteiger partial charge on any atom is -0.393 e. The fraction of sp³-hybridized carbons (Fsp3) is 0.389. The molecule has 0 spiro atoms. The number of hydrogen-bond donors (Lipinski definition) is 2. The fourth-order valence-electron chi connectivity index (χ4n) is 7.01. The van der Waals surface area contributed by atoms with Crippen molar-refractivity contribution < 1.29 is 15.0 Å². The molecular formula is C36H39NO3S2. The molecule has 42 heavy (non-hydrogen) atoms. The Bertz CT molecular complexity index is 1580. The molecule has 4 aromatic rings. The number of rotatable bonds is 5. The van der Waals surface area contributed by atoms with Gasteiger partial charge in [-0.15, -0.1) is 11.3 Å². The SMILES string of the molecule is CC1=CCCC2(C)C(CCC2(O)CSc2nc3ccccc3s2)c2ccc(cc2C(=O)c2ccccc2)CC(O)CC1. The van der Waals surface area contributed by atoms with Gasteiger partial charge in [0.05, 0.1) is 21.9 Å². The van der Waals surface area contributed by atoms with E-state index in [1.807, 2.05) is 54.6 Å². The Morgan fingerprint density at radius 3 is 2.64 bits per heavy atom. The van der Waals surface area contributed by atoms with Gasteiger partial charge >= 0.3 is 0 Å². The Balaban J connectivity index is 1.40. The Kier molecular flexibility index (Phi) is 8.43. The minimum absolute atomic E-state index is 0.00594. The van der Waals surface area contributed by atoms with Crippen LogP contribution in [0.1, 0.15) is 85.3 Å². The van der Waals surface area contributed by atoms with Crippen LogP contribution in [0.2, 0.25) is 0 Å². The lowest BCUT2D eigenvalue weighted by molar-refractivity contribution is -0.0422. The van der Waals surface area contributed by atoms with Crippen LogP contribution in [-0.4, -0.2) is 38.4 Å². The standard InChI is InChI=1S/C36H39NO3S2/c1-24-9-8-19-35(2)30(18-20-36(35,40)23-41-34-37-31-12-6-7-13-32(31)42-34)28-17-15-25(21-27(38)16-14-24)22-29(28)33(39)26-10-4-3-5-11-26/h3-7,9-13,15,17,22,27,30,38,40H,8,14,16,18-21,23H2,1-2H3. The molecule has 218 valence electrons. The van der Waals surface area contributed by atoms with Gasteiger partial charge in [0.1, 0.15) is 0 Å². The second kappa shape index (κ2) is 12.1. The predicted octanol–water partition coefficient (Wildman–Crippen LogP) is 8.36.